The van der Waals surface area contributed by atoms with E-state index in [9.17, 15) is 9.59 Å². The Hall–Kier alpha value is -2.94. The highest BCUT2D eigenvalue weighted by molar-refractivity contribution is 5.93. The van der Waals surface area contributed by atoms with Crippen LogP contribution in [0.1, 0.15) is 16.2 Å². The largest absolute Gasteiger partial charge is 0.497 e. The van der Waals surface area contributed by atoms with Gasteiger partial charge in [-0.15, -0.1) is 5.10 Å². The molecule has 1 unspecified atom stereocenters. The molecule has 1 aliphatic heterocycles. The lowest BCUT2D eigenvalue weighted by atomic mass is 10.2. The molecule has 1 atom stereocenters. The van der Waals surface area contributed by atoms with Gasteiger partial charge in [-0.3, -0.25) is 4.79 Å². The molecule has 1 N–H and O–H groups in total. The maximum absolute atomic E-state index is 12.7. The van der Waals surface area contributed by atoms with Crippen molar-refractivity contribution in [2.45, 2.75) is 13.0 Å². The van der Waals surface area contributed by atoms with Crippen LogP contribution in [-0.2, 0) is 9.53 Å². The number of methoxy groups -OCH3 is 1. The summed E-state index contributed by atoms with van der Waals surface area (Å²) in [5.74, 6) is -0.728. The Labute approximate surface area is 143 Å². The molecule has 25 heavy (non-hydrogen) atoms. The van der Waals surface area contributed by atoms with Crippen molar-refractivity contribution < 1.29 is 24.2 Å². The molecule has 2 heterocycles. The number of hydrogen-bond donors (Lipinski definition) is 1. The molecular formula is C16H18N4O5. The molecule has 1 aromatic heterocycles. The second-order valence-electron chi connectivity index (χ2n) is 5.58. The summed E-state index contributed by atoms with van der Waals surface area (Å²) < 4.78 is 11.8. The summed E-state index contributed by atoms with van der Waals surface area (Å²) >= 11 is 0. The van der Waals surface area contributed by atoms with Crippen molar-refractivity contribution in [3.8, 4) is 11.4 Å². The third kappa shape index (κ3) is 3.31. The van der Waals surface area contributed by atoms with E-state index in [1.54, 1.807) is 30.8 Å². The van der Waals surface area contributed by atoms with Crippen LogP contribution in [0.25, 0.3) is 5.69 Å². The van der Waals surface area contributed by atoms with Crippen molar-refractivity contribution in [3.05, 3.63) is 35.7 Å². The van der Waals surface area contributed by atoms with Crippen LogP contribution in [-0.4, -0.2) is 69.8 Å². The van der Waals surface area contributed by atoms with Gasteiger partial charge in [-0.1, -0.05) is 5.21 Å². The van der Waals surface area contributed by atoms with Gasteiger partial charge in [0, 0.05) is 6.54 Å². The fraction of sp³-hybridized carbons (Fsp3) is 0.375. The number of aliphatic carboxylic acids is 1. The molecule has 0 bridgehead atoms. The Morgan fingerprint density at radius 3 is 2.68 bits per heavy atom. The first kappa shape index (κ1) is 16.9. The number of ether oxygens (including phenoxy) is 2. The quantitative estimate of drug-likeness (QED) is 0.859. The van der Waals surface area contributed by atoms with Gasteiger partial charge in [0.1, 0.15) is 5.75 Å². The van der Waals surface area contributed by atoms with E-state index in [0.29, 0.717) is 18.0 Å². The number of amides is 1. The summed E-state index contributed by atoms with van der Waals surface area (Å²) in [5.41, 5.74) is 1.52. The first-order valence-electron chi connectivity index (χ1n) is 7.71. The molecule has 0 aliphatic carbocycles. The summed E-state index contributed by atoms with van der Waals surface area (Å²) in [5, 5.41) is 17.1. The Bertz CT molecular complexity index is 786. The molecule has 1 saturated heterocycles. The minimum atomic E-state index is -1.09. The highest BCUT2D eigenvalue weighted by atomic mass is 16.5. The predicted octanol–water partition coefficient (Wildman–Crippen LogP) is 0.510. The van der Waals surface area contributed by atoms with Crippen LogP contribution in [0.5, 0.6) is 5.75 Å². The molecule has 2 aromatic rings. The van der Waals surface area contributed by atoms with Gasteiger partial charge in [-0.05, 0) is 31.2 Å². The Balaban J connectivity index is 1.82. The standard InChI is InChI=1S/C16H18N4O5/c1-10-14(15(21)19-7-8-25-13(9-19)16(22)23)17-18-20(10)11-3-5-12(24-2)6-4-11/h3-6,13H,7-9H2,1-2H3,(H,22,23). The number of carbonyl (C=O) groups is 2. The number of benzene rings is 1. The molecule has 0 radical (unpaired) electrons. The molecule has 132 valence electrons. The van der Waals surface area contributed by atoms with Crippen LogP contribution in [0.15, 0.2) is 24.3 Å². The Morgan fingerprint density at radius 1 is 1.32 bits per heavy atom. The normalized spacial score (nSPS) is 17.4. The van der Waals surface area contributed by atoms with Gasteiger partial charge in [-0.25, -0.2) is 9.48 Å². The molecule has 3 rings (SSSR count). The molecule has 1 aliphatic rings. The van der Waals surface area contributed by atoms with E-state index in [4.69, 9.17) is 14.6 Å². The van der Waals surface area contributed by atoms with Crippen LogP contribution in [0, 0.1) is 6.92 Å². The molecule has 0 spiro atoms. The van der Waals surface area contributed by atoms with Crippen molar-refractivity contribution in [3.63, 3.8) is 0 Å². The van der Waals surface area contributed by atoms with Gasteiger partial charge in [0.15, 0.2) is 11.8 Å². The fourth-order valence-electron chi connectivity index (χ4n) is 2.63. The van der Waals surface area contributed by atoms with E-state index in [2.05, 4.69) is 10.3 Å². The topological polar surface area (TPSA) is 107 Å². The van der Waals surface area contributed by atoms with Crippen molar-refractivity contribution in [2.24, 2.45) is 0 Å². The first-order valence-corrected chi connectivity index (χ1v) is 7.71. The minimum absolute atomic E-state index is 0.0109. The smallest absolute Gasteiger partial charge is 0.334 e. The van der Waals surface area contributed by atoms with Crippen molar-refractivity contribution >= 4 is 11.9 Å². The second-order valence-corrected chi connectivity index (χ2v) is 5.58. The first-order chi connectivity index (χ1) is 12.0. The van der Waals surface area contributed by atoms with E-state index in [1.165, 1.54) is 4.90 Å². The monoisotopic (exact) mass is 346 g/mol. The van der Waals surface area contributed by atoms with Gasteiger partial charge < -0.3 is 19.5 Å². The zero-order chi connectivity index (χ0) is 18.0. The number of aromatic nitrogens is 3. The van der Waals surface area contributed by atoms with Crippen LogP contribution in [0.2, 0.25) is 0 Å². The van der Waals surface area contributed by atoms with Crippen molar-refractivity contribution in [1.82, 2.24) is 19.9 Å². The number of hydrogen-bond acceptors (Lipinski definition) is 6. The SMILES string of the molecule is COc1ccc(-n2nnc(C(=O)N3CCOC(C(=O)O)C3)c2C)cc1. The Kier molecular flexibility index (Phi) is 4.66. The number of rotatable bonds is 4. The van der Waals surface area contributed by atoms with Crippen molar-refractivity contribution in [2.75, 3.05) is 26.8 Å². The molecule has 1 amide bonds. The van der Waals surface area contributed by atoms with Gasteiger partial charge in [0.05, 0.1) is 31.6 Å². The van der Waals surface area contributed by atoms with Crippen LogP contribution in [0.3, 0.4) is 0 Å². The molecule has 9 heteroatoms. The van der Waals surface area contributed by atoms with Gasteiger partial charge in [0.2, 0.25) is 0 Å². The zero-order valence-electron chi connectivity index (χ0n) is 13.9. The summed E-state index contributed by atoms with van der Waals surface area (Å²) in [6.07, 6.45) is -1.02. The maximum Gasteiger partial charge on any atom is 0.334 e. The predicted molar refractivity (Wildman–Crippen MR) is 85.9 cm³/mol. The van der Waals surface area contributed by atoms with Crippen LogP contribution in [0.4, 0.5) is 0 Å². The number of carboxylic acid groups (broad SMARTS) is 1. The molecule has 0 saturated carbocycles. The van der Waals surface area contributed by atoms with E-state index in [1.807, 2.05) is 12.1 Å². The average Bonchev–Trinajstić information content (AvgIpc) is 3.02. The van der Waals surface area contributed by atoms with Gasteiger partial charge in [0.25, 0.3) is 5.91 Å². The number of carboxylic acids is 1. The highest BCUT2D eigenvalue weighted by Gasteiger charge is 2.31. The number of nitrogens with zero attached hydrogens (tertiary/aromatic N) is 4. The summed E-state index contributed by atoms with van der Waals surface area (Å²) in [4.78, 5) is 25.2. The minimum Gasteiger partial charge on any atom is -0.497 e. The summed E-state index contributed by atoms with van der Waals surface area (Å²) in [7, 11) is 1.58. The number of carbonyl (C=O) groups excluding carboxylic acids is 1. The molecule has 9 nitrogen and oxygen atoms in total. The van der Waals surface area contributed by atoms with E-state index in [-0.39, 0.29) is 24.8 Å². The van der Waals surface area contributed by atoms with Crippen molar-refractivity contribution in [1.29, 1.82) is 0 Å². The van der Waals surface area contributed by atoms with E-state index >= 15 is 0 Å². The Morgan fingerprint density at radius 2 is 2.04 bits per heavy atom. The average molecular weight is 346 g/mol. The highest BCUT2D eigenvalue weighted by Crippen LogP contribution is 2.18. The lowest BCUT2D eigenvalue weighted by molar-refractivity contribution is -0.154. The lowest BCUT2D eigenvalue weighted by Gasteiger charge is -2.30. The zero-order valence-corrected chi connectivity index (χ0v) is 13.9. The summed E-state index contributed by atoms with van der Waals surface area (Å²) in [6, 6.07) is 7.20. The van der Waals surface area contributed by atoms with Gasteiger partial charge in [-0.2, -0.15) is 0 Å². The molecule has 1 aromatic carbocycles. The second kappa shape index (κ2) is 6.89. The van der Waals surface area contributed by atoms with Crippen LogP contribution >= 0.6 is 0 Å². The van der Waals surface area contributed by atoms with E-state index in [0.717, 1.165) is 5.69 Å². The fourth-order valence-corrected chi connectivity index (χ4v) is 2.63. The van der Waals surface area contributed by atoms with Crippen LogP contribution < -0.4 is 4.74 Å². The van der Waals surface area contributed by atoms with Gasteiger partial charge >= 0.3 is 5.97 Å². The molecule has 1 fully saturated rings. The third-order valence-electron chi connectivity index (χ3n) is 4.04. The third-order valence-corrected chi connectivity index (χ3v) is 4.04. The molecular weight excluding hydrogens is 328 g/mol. The lowest BCUT2D eigenvalue weighted by Crippen LogP contribution is -2.48. The van der Waals surface area contributed by atoms with E-state index < -0.39 is 12.1 Å². The maximum atomic E-state index is 12.7. The summed E-state index contributed by atoms with van der Waals surface area (Å²) in [6.45, 7) is 2.22. The number of morpholine rings is 1.